The van der Waals surface area contributed by atoms with Crippen molar-refractivity contribution >= 4 is 15.9 Å². The molecule has 0 fully saturated rings. The van der Waals surface area contributed by atoms with E-state index in [1.54, 1.807) is 25.4 Å². The molecule has 2 rings (SSSR count). The highest BCUT2D eigenvalue weighted by molar-refractivity contribution is 9.10. The fraction of sp³-hybridized carbons (Fsp3) is 0.154. The third-order valence-electron chi connectivity index (χ3n) is 2.63. The summed E-state index contributed by atoms with van der Waals surface area (Å²) in [4.78, 5) is 3.80. The van der Waals surface area contributed by atoms with E-state index < -0.39 is 5.82 Å². The zero-order chi connectivity index (χ0) is 13.1. The molecule has 18 heavy (non-hydrogen) atoms. The van der Waals surface area contributed by atoms with E-state index in [-0.39, 0.29) is 11.9 Å². The largest absolute Gasteiger partial charge is 0.309 e. The molecule has 0 aliphatic rings. The first-order valence-corrected chi connectivity index (χ1v) is 6.14. The van der Waals surface area contributed by atoms with Gasteiger partial charge in [-0.3, -0.25) is 4.98 Å². The van der Waals surface area contributed by atoms with Crippen molar-refractivity contribution in [2.45, 2.75) is 6.04 Å². The number of nitrogens with zero attached hydrogens (tertiary/aromatic N) is 1. The van der Waals surface area contributed by atoms with Crippen LogP contribution in [0.1, 0.15) is 17.2 Å². The summed E-state index contributed by atoms with van der Waals surface area (Å²) in [5, 5.41) is 3.02. The molecule has 1 unspecified atom stereocenters. The number of hydrogen-bond donors (Lipinski definition) is 1. The van der Waals surface area contributed by atoms with E-state index in [1.165, 1.54) is 12.1 Å². The van der Waals surface area contributed by atoms with Crippen LogP contribution in [0.25, 0.3) is 0 Å². The summed E-state index contributed by atoms with van der Waals surface area (Å²) in [6.45, 7) is 0. The Morgan fingerprint density at radius 3 is 2.56 bits per heavy atom. The van der Waals surface area contributed by atoms with Crippen molar-refractivity contribution in [3.05, 3.63) is 63.9 Å². The third kappa shape index (κ3) is 2.73. The van der Waals surface area contributed by atoms with E-state index in [1.807, 2.05) is 0 Å². The number of nitrogens with one attached hydrogen (secondary N) is 1. The minimum absolute atomic E-state index is 0.296. The van der Waals surface area contributed by atoms with E-state index >= 15 is 0 Å². The van der Waals surface area contributed by atoms with Crippen molar-refractivity contribution in [2.75, 3.05) is 7.05 Å². The SMILES string of the molecule is CNC(c1cncc(F)c1)c1ccc(Br)c(F)c1. The first-order valence-electron chi connectivity index (χ1n) is 5.34. The van der Waals surface area contributed by atoms with E-state index in [4.69, 9.17) is 0 Å². The van der Waals surface area contributed by atoms with Gasteiger partial charge in [-0.05, 0) is 52.3 Å². The molecule has 0 saturated carbocycles. The van der Waals surface area contributed by atoms with Crippen LogP contribution >= 0.6 is 15.9 Å². The molecule has 0 amide bonds. The molecule has 2 aromatic rings. The topological polar surface area (TPSA) is 24.9 Å². The average molecular weight is 313 g/mol. The minimum atomic E-state index is -0.412. The highest BCUT2D eigenvalue weighted by atomic mass is 79.9. The Balaban J connectivity index is 2.42. The fourth-order valence-corrected chi connectivity index (χ4v) is 2.05. The van der Waals surface area contributed by atoms with E-state index in [0.29, 0.717) is 15.6 Å². The van der Waals surface area contributed by atoms with Gasteiger partial charge in [0.05, 0.1) is 16.7 Å². The van der Waals surface area contributed by atoms with Crippen LogP contribution < -0.4 is 5.32 Å². The molecule has 0 radical (unpaired) electrons. The molecule has 0 bridgehead atoms. The lowest BCUT2D eigenvalue weighted by atomic mass is 10.0. The number of halogens is 3. The van der Waals surface area contributed by atoms with Crippen LogP contribution in [0, 0.1) is 11.6 Å². The van der Waals surface area contributed by atoms with Gasteiger partial charge in [-0.1, -0.05) is 6.07 Å². The molecule has 1 N–H and O–H groups in total. The second-order valence-electron chi connectivity index (χ2n) is 3.83. The summed E-state index contributed by atoms with van der Waals surface area (Å²) >= 11 is 3.10. The lowest BCUT2D eigenvalue weighted by Crippen LogP contribution is -2.18. The maximum Gasteiger partial charge on any atom is 0.141 e. The smallest absolute Gasteiger partial charge is 0.141 e. The molecule has 1 atom stereocenters. The van der Waals surface area contributed by atoms with Gasteiger partial charge < -0.3 is 5.32 Å². The van der Waals surface area contributed by atoms with Crippen LogP contribution in [-0.2, 0) is 0 Å². The molecule has 1 heterocycles. The maximum atomic E-state index is 13.5. The van der Waals surface area contributed by atoms with Crippen LogP contribution in [0.3, 0.4) is 0 Å². The second kappa shape index (κ2) is 5.54. The summed E-state index contributed by atoms with van der Waals surface area (Å²) in [6.07, 6.45) is 2.70. The van der Waals surface area contributed by atoms with Crippen molar-refractivity contribution in [3.63, 3.8) is 0 Å². The Kier molecular flexibility index (Phi) is 4.04. The Morgan fingerprint density at radius 1 is 1.17 bits per heavy atom. The van der Waals surface area contributed by atoms with Crippen molar-refractivity contribution < 1.29 is 8.78 Å². The van der Waals surface area contributed by atoms with Crippen LogP contribution in [0.15, 0.2) is 41.1 Å². The Morgan fingerprint density at radius 2 is 1.94 bits per heavy atom. The molecule has 94 valence electrons. The Hall–Kier alpha value is -1.33. The van der Waals surface area contributed by atoms with Crippen molar-refractivity contribution in [3.8, 4) is 0 Å². The monoisotopic (exact) mass is 312 g/mol. The number of pyridine rings is 1. The van der Waals surface area contributed by atoms with Gasteiger partial charge in [0.2, 0.25) is 0 Å². The fourth-order valence-electron chi connectivity index (χ4n) is 1.80. The molecule has 1 aromatic heterocycles. The molecule has 5 heteroatoms. The van der Waals surface area contributed by atoms with Crippen LogP contribution in [0.2, 0.25) is 0 Å². The molecule has 0 saturated heterocycles. The summed E-state index contributed by atoms with van der Waals surface area (Å²) in [6, 6.07) is 5.90. The van der Waals surface area contributed by atoms with Crippen molar-refractivity contribution in [2.24, 2.45) is 0 Å². The second-order valence-corrected chi connectivity index (χ2v) is 4.69. The number of hydrogen-bond acceptors (Lipinski definition) is 2. The van der Waals surface area contributed by atoms with Crippen LogP contribution in [-0.4, -0.2) is 12.0 Å². The molecule has 0 spiro atoms. The zero-order valence-electron chi connectivity index (χ0n) is 9.62. The van der Waals surface area contributed by atoms with E-state index in [0.717, 1.165) is 6.20 Å². The van der Waals surface area contributed by atoms with Crippen LogP contribution in [0.5, 0.6) is 0 Å². The van der Waals surface area contributed by atoms with Gasteiger partial charge in [0.25, 0.3) is 0 Å². The maximum absolute atomic E-state index is 13.5. The molecule has 0 aliphatic heterocycles. The molecule has 1 aromatic carbocycles. The van der Waals surface area contributed by atoms with E-state index in [9.17, 15) is 8.78 Å². The normalized spacial score (nSPS) is 12.4. The predicted molar refractivity (Wildman–Crippen MR) is 69.2 cm³/mol. The van der Waals surface area contributed by atoms with Crippen LogP contribution in [0.4, 0.5) is 8.78 Å². The lowest BCUT2D eigenvalue weighted by Gasteiger charge is -2.17. The first kappa shape index (κ1) is 13.1. The molecule has 2 nitrogen and oxygen atoms in total. The van der Waals surface area contributed by atoms with Gasteiger partial charge in [0, 0.05) is 6.20 Å². The quantitative estimate of drug-likeness (QED) is 0.939. The molecule has 0 aliphatic carbocycles. The summed E-state index contributed by atoms with van der Waals surface area (Å²) < 4.78 is 27.1. The van der Waals surface area contributed by atoms with Gasteiger partial charge in [-0.25, -0.2) is 8.78 Å². The van der Waals surface area contributed by atoms with Gasteiger partial charge in [-0.2, -0.15) is 0 Å². The van der Waals surface area contributed by atoms with Crippen molar-refractivity contribution in [1.82, 2.24) is 10.3 Å². The Bertz CT molecular complexity index is 560. The minimum Gasteiger partial charge on any atom is -0.309 e. The standard InChI is InChI=1S/C13H11BrF2N2/c1-17-13(9-4-10(15)7-18-6-9)8-2-3-11(14)12(16)5-8/h2-7,13,17H,1H3. The lowest BCUT2D eigenvalue weighted by molar-refractivity contribution is 0.600. The number of benzene rings is 1. The van der Waals surface area contributed by atoms with E-state index in [2.05, 4.69) is 26.2 Å². The number of rotatable bonds is 3. The predicted octanol–water partition coefficient (Wildman–Crippen LogP) is 3.43. The first-order chi connectivity index (χ1) is 8.61. The third-order valence-corrected chi connectivity index (χ3v) is 3.27. The molecular formula is C13H11BrF2N2. The summed E-state index contributed by atoms with van der Waals surface area (Å²) in [5.74, 6) is -0.762. The summed E-state index contributed by atoms with van der Waals surface area (Å²) in [7, 11) is 1.73. The number of aromatic nitrogens is 1. The van der Waals surface area contributed by atoms with Gasteiger partial charge in [-0.15, -0.1) is 0 Å². The zero-order valence-corrected chi connectivity index (χ0v) is 11.2. The molecular weight excluding hydrogens is 302 g/mol. The highest BCUT2D eigenvalue weighted by Gasteiger charge is 2.14. The van der Waals surface area contributed by atoms with Gasteiger partial charge in [0.15, 0.2) is 0 Å². The van der Waals surface area contributed by atoms with Gasteiger partial charge in [0.1, 0.15) is 11.6 Å². The highest BCUT2D eigenvalue weighted by Crippen LogP contribution is 2.25. The van der Waals surface area contributed by atoms with Gasteiger partial charge >= 0.3 is 0 Å². The Labute approximate surface area is 112 Å². The van der Waals surface area contributed by atoms with Crippen molar-refractivity contribution in [1.29, 1.82) is 0 Å². The summed E-state index contributed by atoms with van der Waals surface area (Å²) in [5.41, 5.74) is 1.37. The average Bonchev–Trinajstić information content (AvgIpc) is 2.35.